The number of pyridine rings is 1. The van der Waals surface area contributed by atoms with Crippen molar-refractivity contribution < 1.29 is 14.3 Å². The van der Waals surface area contributed by atoms with Crippen LogP contribution in [0, 0.1) is 0 Å². The Morgan fingerprint density at radius 2 is 1.94 bits per heavy atom. The van der Waals surface area contributed by atoms with Crippen LogP contribution in [0.2, 0.25) is 0 Å². The summed E-state index contributed by atoms with van der Waals surface area (Å²) in [5.74, 6) is 0.281. The number of H-pyrrole nitrogens is 1. The maximum atomic E-state index is 13.0. The summed E-state index contributed by atoms with van der Waals surface area (Å²) in [6.45, 7) is 12.6. The van der Waals surface area contributed by atoms with Crippen LogP contribution in [0.5, 0.6) is 5.88 Å². The van der Waals surface area contributed by atoms with Gasteiger partial charge in [-0.25, -0.2) is 9.67 Å². The van der Waals surface area contributed by atoms with E-state index in [1.165, 1.54) is 0 Å². The van der Waals surface area contributed by atoms with E-state index in [1.807, 2.05) is 41.5 Å². The van der Waals surface area contributed by atoms with Crippen molar-refractivity contribution in [3.05, 3.63) is 36.3 Å². The molecule has 31 heavy (non-hydrogen) atoms. The average Bonchev–Trinajstić information content (AvgIpc) is 3.55. The number of aromatic amines is 1. The summed E-state index contributed by atoms with van der Waals surface area (Å²) in [7, 11) is 1.55. The largest absolute Gasteiger partial charge is 0.481 e. The number of hydrogen-bond donors (Lipinski definition) is 1. The number of methoxy groups -OCH3 is 1. The Morgan fingerprint density at radius 3 is 2.45 bits per heavy atom. The lowest BCUT2D eigenvalue weighted by atomic mass is 10.1. The van der Waals surface area contributed by atoms with Crippen molar-refractivity contribution in [2.24, 2.45) is 0 Å². The second-order valence-electron chi connectivity index (χ2n) is 6.76. The highest BCUT2D eigenvalue weighted by molar-refractivity contribution is 5.94. The summed E-state index contributed by atoms with van der Waals surface area (Å²) >= 11 is 0. The summed E-state index contributed by atoms with van der Waals surface area (Å²) < 4.78 is 12.2. The minimum Gasteiger partial charge on any atom is -0.481 e. The van der Waals surface area contributed by atoms with Gasteiger partial charge in [-0.1, -0.05) is 27.7 Å². The third-order valence-electron chi connectivity index (χ3n) is 4.43. The molecule has 0 unspecified atom stereocenters. The van der Waals surface area contributed by atoms with Gasteiger partial charge in [0.1, 0.15) is 12.4 Å². The van der Waals surface area contributed by atoms with E-state index in [-0.39, 0.29) is 12.6 Å². The molecular formula is C21H31N7O3. The van der Waals surface area contributed by atoms with Crippen LogP contribution in [0.3, 0.4) is 0 Å². The van der Waals surface area contributed by atoms with E-state index < -0.39 is 5.54 Å². The fraction of sp³-hybridized carbons (Fsp3) is 0.476. The molecular weight excluding hydrogens is 398 g/mol. The van der Waals surface area contributed by atoms with Gasteiger partial charge in [-0.15, -0.1) is 0 Å². The highest BCUT2D eigenvalue weighted by atomic mass is 16.5. The molecule has 0 spiro atoms. The lowest BCUT2D eigenvalue weighted by molar-refractivity contribution is 0.0599. The van der Waals surface area contributed by atoms with Crippen LogP contribution in [0.25, 0.3) is 17.1 Å². The van der Waals surface area contributed by atoms with E-state index in [4.69, 9.17) is 9.47 Å². The van der Waals surface area contributed by atoms with Crippen molar-refractivity contribution in [3.8, 4) is 23.0 Å². The summed E-state index contributed by atoms with van der Waals surface area (Å²) in [4.78, 5) is 18.9. The van der Waals surface area contributed by atoms with E-state index in [2.05, 4.69) is 25.5 Å². The maximum Gasteiger partial charge on any atom is 0.276 e. The van der Waals surface area contributed by atoms with Crippen molar-refractivity contribution in [3.63, 3.8) is 0 Å². The number of carbonyl (C=O) groups excluding carboxylic acids is 1. The molecule has 4 rings (SSSR count). The standard InChI is InChI=1S/C17H19N7O3.2C2H6/c1-17(2)9-27-10-23(17)16(25)12-6-14(13-8-19-22-20-13)24(21-12)11-4-5-15(26-3)18-7-11;2*1-2/h4-8H,9-10H2,1-3H3,(H,19,20,22);2*1-2H3. The summed E-state index contributed by atoms with van der Waals surface area (Å²) in [5, 5.41) is 15.0. The highest BCUT2D eigenvalue weighted by Crippen LogP contribution is 2.27. The molecule has 1 amide bonds. The molecule has 1 saturated heterocycles. The van der Waals surface area contributed by atoms with Crippen LogP contribution in [0.4, 0.5) is 0 Å². The zero-order valence-corrected chi connectivity index (χ0v) is 19.2. The third-order valence-corrected chi connectivity index (χ3v) is 4.43. The number of amides is 1. The fourth-order valence-electron chi connectivity index (χ4n) is 2.92. The Labute approximate surface area is 182 Å². The molecule has 3 aromatic rings. The molecule has 0 radical (unpaired) electrons. The molecule has 10 nitrogen and oxygen atoms in total. The molecule has 4 heterocycles. The highest BCUT2D eigenvalue weighted by Gasteiger charge is 2.38. The first-order chi connectivity index (χ1) is 15.0. The zero-order valence-electron chi connectivity index (χ0n) is 19.2. The smallest absolute Gasteiger partial charge is 0.276 e. The number of rotatable bonds is 4. The monoisotopic (exact) mass is 429 g/mol. The first-order valence-corrected chi connectivity index (χ1v) is 10.4. The quantitative estimate of drug-likeness (QED) is 0.677. The summed E-state index contributed by atoms with van der Waals surface area (Å²) in [5.41, 5.74) is 1.76. The van der Waals surface area contributed by atoms with Gasteiger partial charge in [0, 0.05) is 6.07 Å². The molecule has 1 fully saturated rings. The third kappa shape index (κ3) is 5.08. The average molecular weight is 430 g/mol. The van der Waals surface area contributed by atoms with Crippen LogP contribution in [-0.2, 0) is 4.74 Å². The summed E-state index contributed by atoms with van der Waals surface area (Å²) in [6, 6.07) is 5.22. The van der Waals surface area contributed by atoms with Crippen LogP contribution in [-0.4, -0.2) is 67.0 Å². The van der Waals surface area contributed by atoms with E-state index >= 15 is 0 Å². The van der Waals surface area contributed by atoms with Gasteiger partial charge in [0.15, 0.2) is 5.69 Å². The first-order valence-electron chi connectivity index (χ1n) is 10.4. The molecule has 1 aliphatic heterocycles. The first kappa shape index (κ1) is 24.0. The van der Waals surface area contributed by atoms with E-state index in [0.717, 1.165) is 0 Å². The second kappa shape index (κ2) is 10.7. The molecule has 168 valence electrons. The number of carbonyl (C=O) groups is 1. The van der Waals surface area contributed by atoms with E-state index in [0.29, 0.717) is 35.3 Å². The molecule has 0 saturated carbocycles. The molecule has 1 aliphatic rings. The predicted octanol–water partition coefficient (Wildman–Crippen LogP) is 3.32. The van der Waals surface area contributed by atoms with E-state index in [1.54, 1.807) is 47.3 Å². The molecule has 3 aromatic heterocycles. The Hall–Kier alpha value is -3.27. The van der Waals surface area contributed by atoms with Crippen LogP contribution < -0.4 is 4.74 Å². The minimum absolute atomic E-state index is 0.206. The Balaban J connectivity index is 0.000000807. The number of aromatic nitrogens is 6. The van der Waals surface area contributed by atoms with Gasteiger partial charge < -0.3 is 14.4 Å². The normalized spacial score (nSPS) is 14.2. The van der Waals surface area contributed by atoms with Crippen molar-refractivity contribution in [2.45, 2.75) is 47.1 Å². The van der Waals surface area contributed by atoms with Crippen LogP contribution in [0.15, 0.2) is 30.6 Å². The maximum absolute atomic E-state index is 13.0. The topological polar surface area (TPSA) is 111 Å². The Kier molecular flexibility index (Phi) is 8.26. The SMILES string of the molecule is CC.CC.COc1ccc(-n2nc(C(=O)N3COCC3(C)C)cc2-c2cn[nH]n2)cn1. The van der Waals surface area contributed by atoms with Gasteiger partial charge in [0.05, 0.1) is 43.0 Å². The fourth-order valence-corrected chi connectivity index (χ4v) is 2.92. The summed E-state index contributed by atoms with van der Waals surface area (Å²) in [6.07, 6.45) is 3.19. The Bertz CT molecular complexity index is 950. The van der Waals surface area contributed by atoms with E-state index in [9.17, 15) is 4.79 Å². The van der Waals surface area contributed by atoms with Crippen molar-refractivity contribution in [1.82, 2.24) is 35.1 Å². The second-order valence-corrected chi connectivity index (χ2v) is 6.76. The molecule has 0 bridgehead atoms. The van der Waals surface area contributed by atoms with Crippen molar-refractivity contribution in [2.75, 3.05) is 20.4 Å². The zero-order chi connectivity index (χ0) is 23.0. The van der Waals surface area contributed by atoms with Crippen molar-refractivity contribution in [1.29, 1.82) is 0 Å². The number of ether oxygens (including phenoxy) is 2. The van der Waals surface area contributed by atoms with Gasteiger partial charge in [0.2, 0.25) is 5.88 Å². The molecule has 10 heteroatoms. The molecule has 0 aromatic carbocycles. The Morgan fingerprint density at radius 1 is 1.19 bits per heavy atom. The van der Waals surface area contributed by atoms with Gasteiger partial charge in [-0.05, 0) is 26.0 Å². The van der Waals surface area contributed by atoms with Gasteiger partial charge >= 0.3 is 0 Å². The van der Waals surface area contributed by atoms with Crippen molar-refractivity contribution >= 4 is 5.91 Å². The lowest BCUT2D eigenvalue weighted by Gasteiger charge is -2.28. The molecule has 1 N–H and O–H groups in total. The van der Waals surface area contributed by atoms with Gasteiger partial charge in [-0.3, -0.25) is 4.79 Å². The molecule has 0 atom stereocenters. The van der Waals surface area contributed by atoms with Crippen LogP contribution >= 0.6 is 0 Å². The van der Waals surface area contributed by atoms with Crippen LogP contribution in [0.1, 0.15) is 52.0 Å². The minimum atomic E-state index is -0.392. The predicted molar refractivity (Wildman–Crippen MR) is 117 cm³/mol. The van der Waals surface area contributed by atoms with Gasteiger partial charge in [0.25, 0.3) is 5.91 Å². The number of nitrogens with one attached hydrogen (secondary N) is 1. The number of nitrogens with zero attached hydrogens (tertiary/aromatic N) is 6. The van der Waals surface area contributed by atoms with Gasteiger partial charge in [-0.2, -0.15) is 20.5 Å². The molecule has 0 aliphatic carbocycles. The lowest BCUT2D eigenvalue weighted by Crippen LogP contribution is -2.44. The number of hydrogen-bond acceptors (Lipinski definition) is 7.